The number of pyridine rings is 6. The average Bonchev–Trinajstić information content (AvgIpc) is 3.61. The van der Waals surface area contributed by atoms with E-state index in [4.69, 9.17) is 29.9 Å². The zero-order chi connectivity index (χ0) is 56.1. The van der Waals surface area contributed by atoms with E-state index < -0.39 is 0 Å². The second kappa shape index (κ2) is 23.2. The Morgan fingerprint density at radius 2 is 0.427 bits per heavy atom. The summed E-state index contributed by atoms with van der Waals surface area (Å²) in [6.45, 7) is 13.7. The average molecular weight is 1060 g/mol. The van der Waals surface area contributed by atoms with E-state index >= 15 is 0 Å². The standard InChI is InChI=1S/C72H60BN9/c1-49-43-58(55-25-31-61(32-26-55)80(64-19-7-13-37-74-64)65-20-8-14-38-75-65)44-50(2)70(49)73(71-51(3)45-59(46-52(71)4)56-27-33-62(34-28-56)81(66-21-9-15-39-76-66)67-22-10-16-40-77-67)72-53(5)47-60(48-54(72)6)57-29-35-63(36-30-57)82(68-23-11-17-41-78-68)69-24-12-18-42-79-69/h7-48H,1-6H3. The zero-order valence-electron chi connectivity index (χ0n) is 46.9. The number of rotatable bonds is 15. The van der Waals surface area contributed by atoms with Crippen molar-refractivity contribution in [1.29, 1.82) is 0 Å². The molecule has 0 fully saturated rings. The van der Waals surface area contributed by atoms with Crippen LogP contribution in [0.1, 0.15) is 33.4 Å². The molecule has 0 saturated heterocycles. The van der Waals surface area contributed by atoms with E-state index in [0.717, 1.165) is 68.7 Å². The fourth-order valence-electron chi connectivity index (χ4n) is 11.7. The van der Waals surface area contributed by atoms with E-state index in [0.29, 0.717) is 0 Å². The van der Waals surface area contributed by atoms with Crippen LogP contribution in [0, 0.1) is 41.5 Å². The molecule has 82 heavy (non-hydrogen) atoms. The number of aryl methyl sites for hydroxylation is 6. The Kier molecular flexibility index (Phi) is 14.8. The smallest absolute Gasteiger partial charge is 0.243 e. The first-order valence-electron chi connectivity index (χ1n) is 27.7. The molecule has 6 heterocycles. The van der Waals surface area contributed by atoms with E-state index in [1.807, 2.05) is 146 Å². The molecule has 0 atom stereocenters. The first-order chi connectivity index (χ1) is 40.2. The molecular weight excluding hydrogens is 1000 g/mol. The van der Waals surface area contributed by atoms with Gasteiger partial charge in [0.15, 0.2) is 0 Å². The fraction of sp³-hybridized carbons (Fsp3) is 0.0833. The summed E-state index contributed by atoms with van der Waals surface area (Å²) < 4.78 is 0. The van der Waals surface area contributed by atoms with Crippen LogP contribution in [-0.2, 0) is 0 Å². The van der Waals surface area contributed by atoms with Crippen molar-refractivity contribution in [1.82, 2.24) is 29.9 Å². The van der Waals surface area contributed by atoms with Crippen LogP contribution in [0.25, 0.3) is 33.4 Å². The Hall–Kier alpha value is -10.3. The summed E-state index contributed by atoms with van der Waals surface area (Å²) in [4.78, 5) is 34.5. The van der Waals surface area contributed by atoms with Crippen LogP contribution in [0.15, 0.2) is 256 Å². The summed E-state index contributed by atoms with van der Waals surface area (Å²) in [7, 11) is 0. The third-order valence-electron chi connectivity index (χ3n) is 15.3. The van der Waals surface area contributed by atoms with Crippen molar-refractivity contribution in [3.63, 3.8) is 0 Å². The lowest BCUT2D eigenvalue weighted by Crippen LogP contribution is -2.57. The summed E-state index contributed by atoms with van der Waals surface area (Å²) >= 11 is 0. The molecule has 6 aromatic carbocycles. The van der Waals surface area contributed by atoms with E-state index in [1.54, 1.807) is 0 Å². The molecule has 12 rings (SSSR count). The van der Waals surface area contributed by atoms with E-state index in [2.05, 4.69) is 165 Å². The van der Waals surface area contributed by atoms with Crippen molar-refractivity contribution in [2.75, 3.05) is 14.7 Å². The largest absolute Gasteiger partial charge is 0.279 e. The van der Waals surface area contributed by atoms with Crippen LogP contribution in [0.3, 0.4) is 0 Å². The molecule has 10 heteroatoms. The Bertz CT molecular complexity index is 3520. The molecule has 396 valence electrons. The molecular formula is C72H60BN9. The van der Waals surface area contributed by atoms with Gasteiger partial charge in [0.2, 0.25) is 6.71 Å². The van der Waals surface area contributed by atoms with Gasteiger partial charge in [0.05, 0.1) is 0 Å². The molecule has 0 radical (unpaired) electrons. The van der Waals surface area contributed by atoms with Gasteiger partial charge in [-0.2, -0.15) is 0 Å². The molecule has 0 saturated carbocycles. The molecule has 6 aromatic heterocycles. The van der Waals surface area contributed by atoms with Crippen LogP contribution >= 0.6 is 0 Å². The number of benzene rings is 6. The highest BCUT2D eigenvalue weighted by atomic mass is 15.3. The molecule has 0 bridgehead atoms. The number of nitrogens with zero attached hydrogens (tertiary/aromatic N) is 9. The van der Waals surface area contributed by atoms with Gasteiger partial charge in [0.1, 0.15) is 34.9 Å². The predicted octanol–water partition coefficient (Wildman–Crippen LogP) is 15.8. The van der Waals surface area contributed by atoms with Crippen molar-refractivity contribution in [2.45, 2.75) is 41.5 Å². The molecule has 0 aliphatic carbocycles. The van der Waals surface area contributed by atoms with Crippen LogP contribution in [0.2, 0.25) is 0 Å². The summed E-state index contributed by atoms with van der Waals surface area (Å²) in [6, 6.07) is 76.2. The second-order valence-corrected chi connectivity index (χ2v) is 20.8. The SMILES string of the molecule is Cc1cc(-c2ccc(N(c3ccccn3)c3ccccn3)cc2)cc(C)c1B(c1c(C)cc(-c2ccc(N(c3ccccn3)c3ccccn3)cc2)cc1C)c1c(C)cc(-c2ccc(N(c3ccccn3)c3ccccn3)cc2)cc1C. The van der Waals surface area contributed by atoms with E-state index in [9.17, 15) is 0 Å². The molecule has 0 aliphatic rings. The topological polar surface area (TPSA) is 87.1 Å². The quantitative estimate of drug-likeness (QED) is 0.0932. The molecule has 0 N–H and O–H groups in total. The number of hydrogen-bond donors (Lipinski definition) is 0. The van der Waals surface area contributed by atoms with Crippen LogP contribution in [0.4, 0.5) is 52.0 Å². The van der Waals surface area contributed by atoms with Gasteiger partial charge >= 0.3 is 0 Å². The third kappa shape index (κ3) is 10.7. The Morgan fingerprint density at radius 1 is 0.232 bits per heavy atom. The van der Waals surface area contributed by atoms with Gasteiger partial charge in [-0.3, -0.25) is 14.7 Å². The van der Waals surface area contributed by atoms with Gasteiger partial charge in [-0.05, 0) is 184 Å². The molecule has 0 unspecified atom stereocenters. The highest BCUT2D eigenvalue weighted by Crippen LogP contribution is 2.37. The maximum Gasteiger partial charge on any atom is 0.243 e. The molecule has 0 aliphatic heterocycles. The van der Waals surface area contributed by atoms with Crippen molar-refractivity contribution < 1.29 is 0 Å². The lowest BCUT2D eigenvalue weighted by atomic mass is 9.33. The monoisotopic (exact) mass is 1060 g/mol. The highest BCUT2D eigenvalue weighted by molar-refractivity contribution is 6.97. The minimum Gasteiger partial charge on any atom is -0.279 e. The summed E-state index contributed by atoms with van der Waals surface area (Å²) in [5, 5.41) is 0. The molecule has 0 amide bonds. The maximum atomic E-state index is 4.71. The van der Waals surface area contributed by atoms with Crippen molar-refractivity contribution in [3.05, 3.63) is 289 Å². The Balaban J connectivity index is 0.932. The van der Waals surface area contributed by atoms with Crippen molar-refractivity contribution in [2.24, 2.45) is 0 Å². The number of anilines is 9. The number of hydrogen-bond acceptors (Lipinski definition) is 9. The highest BCUT2D eigenvalue weighted by Gasteiger charge is 2.32. The van der Waals surface area contributed by atoms with Gasteiger partial charge in [0.25, 0.3) is 0 Å². The predicted molar refractivity (Wildman–Crippen MR) is 340 cm³/mol. The van der Waals surface area contributed by atoms with Gasteiger partial charge < -0.3 is 0 Å². The third-order valence-corrected chi connectivity index (χ3v) is 15.3. The normalized spacial score (nSPS) is 11.0. The van der Waals surface area contributed by atoms with Gasteiger partial charge in [-0.25, -0.2) is 29.9 Å². The fourth-order valence-corrected chi connectivity index (χ4v) is 11.7. The molecule has 9 nitrogen and oxygen atoms in total. The van der Waals surface area contributed by atoms with Gasteiger partial charge in [-0.1, -0.05) is 159 Å². The minimum atomic E-state index is -0.0646. The van der Waals surface area contributed by atoms with Gasteiger partial charge in [-0.15, -0.1) is 0 Å². The second-order valence-electron chi connectivity index (χ2n) is 20.8. The summed E-state index contributed by atoms with van der Waals surface area (Å²) in [5.41, 5.74) is 21.2. The van der Waals surface area contributed by atoms with Gasteiger partial charge in [0, 0.05) is 54.2 Å². The maximum absolute atomic E-state index is 4.71. The molecule has 12 aromatic rings. The Morgan fingerprint density at radius 3 is 0.598 bits per heavy atom. The Labute approximate surface area is 481 Å². The lowest BCUT2D eigenvalue weighted by Gasteiger charge is -2.28. The van der Waals surface area contributed by atoms with Crippen molar-refractivity contribution in [3.8, 4) is 33.4 Å². The first kappa shape index (κ1) is 52.4. The van der Waals surface area contributed by atoms with E-state index in [-0.39, 0.29) is 6.71 Å². The van der Waals surface area contributed by atoms with E-state index in [1.165, 1.54) is 66.5 Å². The minimum absolute atomic E-state index is 0.0646. The van der Waals surface area contributed by atoms with Crippen LogP contribution in [-0.4, -0.2) is 36.6 Å². The van der Waals surface area contributed by atoms with Crippen LogP contribution in [0.5, 0.6) is 0 Å². The summed E-state index contributed by atoms with van der Waals surface area (Å²) in [5.74, 6) is 4.82. The lowest BCUT2D eigenvalue weighted by molar-refractivity contribution is 1.12. The van der Waals surface area contributed by atoms with Crippen molar-refractivity contribution >= 4 is 75.1 Å². The van der Waals surface area contributed by atoms with Crippen LogP contribution < -0.4 is 31.1 Å². The number of aromatic nitrogens is 6. The summed E-state index contributed by atoms with van der Waals surface area (Å²) in [6.07, 6.45) is 10.9. The molecule has 0 spiro atoms. The first-order valence-corrected chi connectivity index (χ1v) is 27.7. The zero-order valence-corrected chi connectivity index (χ0v) is 46.9.